The maximum absolute atomic E-state index is 11.8. The predicted molar refractivity (Wildman–Crippen MR) is 78.2 cm³/mol. The average Bonchev–Trinajstić information content (AvgIpc) is 2.45. The van der Waals surface area contributed by atoms with Crippen LogP contribution in [0.25, 0.3) is 0 Å². The highest BCUT2D eigenvalue weighted by atomic mass is 35.5. The predicted octanol–water partition coefficient (Wildman–Crippen LogP) is 4.13. The molecular formula is C17H11ClO. The summed E-state index contributed by atoms with van der Waals surface area (Å²) in [5, 5.41) is 0.615. The highest BCUT2D eigenvalue weighted by molar-refractivity contribution is 6.30. The van der Waals surface area contributed by atoms with Crippen molar-refractivity contribution in [2.24, 2.45) is 0 Å². The molecule has 0 aliphatic heterocycles. The van der Waals surface area contributed by atoms with Gasteiger partial charge in [-0.25, -0.2) is 0 Å². The van der Waals surface area contributed by atoms with E-state index in [1.807, 2.05) is 30.3 Å². The van der Waals surface area contributed by atoms with Crippen molar-refractivity contribution in [3.63, 3.8) is 0 Å². The van der Waals surface area contributed by atoms with Crippen LogP contribution in [0.15, 0.2) is 66.7 Å². The lowest BCUT2D eigenvalue weighted by Gasteiger charge is -1.94. The molecule has 0 fully saturated rings. The Balaban J connectivity index is 2.02. The van der Waals surface area contributed by atoms with Gasteiger partial charge >= 0.3 is 0 Å². The molecule has 1 nitrogen and oxygen atoms in total. The maximum Gasteiger partial charge on any atom is 0.186 e. The Hall–Kier alpha value is -2.30. The quantitative estimate of drug-likeness (QED) is 0.454. The largest absolute Gasteiger partial charge is 0.289 e. The van der Waals surface area contributed by atoms with Gasteiger partial charge in [-0.1, -0.05) is 41.6 Å². The van der Waals surface area contributed by atoms with Gasteiger partial charge in [0.15, 0.2) is 5.78 Å². The summed E-state index contributed by atoms with van der Waals surface area (Å²) in [6.45, 7) is 0. The Morgan fingerprint density at radius 1 is 1.00 bits per heavy atom. The summed E-state index contributed by atoms with van der Waals surface area (Å²) < 4.78 is 0. The fourth-order valence-electron chi connectivity index (χ4n) is 1.47. The van der Waals surface area contributed by atoms with Gasteiger partial charge in [0.2, 0.25) is 0 Å². The molecule has 0 heterocycles. The molecule has 2 rings (SSSR count). The molecule has 0 aliphatic carbocycles. The van der Waals surface area contributed by atoms with Crippen molar-refractivity contribution in [1.82, 2.24) is 0 Å². The lowest BCUT2D eigenvalue weighted by Crippen LogP contribution is -1.92. The summed E-state index contributed by atoms with van der Waals surface area (Å²) in [6, 6.07) is 16.4. The lowest BCUT2D eigenvalue weighted by atomic mass is 10.1. The van der Waals surface area contributed by atoms with Gasteiger partial charge < -0.3 is 0 Å². The second-order valence-electron chi connectivity index (χ2n) is 3.84. The minimum atomic E-state index is -0.0842. The van der Waals surface area contributed by atoms with Crippen molar-refractivity contribution >= 4 is 17.4 Å². The second kappa shape index (κ2) is 6.58. The van der Waals surface area contributed by atoms with Crippen molar-refractivity contribution in [2.75, 3.05) is 0 Å². The highest BCUT2D eigenvalue weighted by Gasteiger charge is 1.99. The van der Waals surface area contributed by atoms with Gasteiger partial charge in [0.05, 0.1) is 0 Å². The van der Waals surface area contributed by atoms with Crippen LogP contribution in [-0.2, 0) is 0 Å². The van der Waals surface area contributed by atoms with Crippen LogP contribution in [0, 0.1) is 11.8 Å². The van der Waals surface area contributed by atoms with Crippen LogP contribution >= 0.6 is 11.6 Å². The first kappa shape index (κ1) is 13.1. The molecule has 0 unspecified atom stereocenters. The highest BCUT2D eigenvalue weighted by Crippen LogP contribution is 2.10. The van der Waals surface area contributed by atoms with Crippen molar-refractivity contribution in [3.05, 3.63) is 82.9 Å². The van der Waals surface area contributed by atoms with Crippen LogP contribution in [0.5, 0.6) is 0 Å². The second-order valence-corrected chi connectivity index (χ2v) is 4.28. The van der Waals surface area contributed by atoms with E-state index in [9.17, 15) is 4.79 Å². The number of benzene rings is 2. The molecule has 0 radical (unpaired) electrons. The van der Waals surface area contributed by atoms with Crippen LogP contribution in [0.4, 0.5) is 0 Å². The first-order valence-corrected chi connectivity index (χ1v) is 6.16. The number of carbonyl (C=O) groups is 1. The molecule has 19 heavy (non-hydrogen) atoms. The number of allylic oxidation sites excluding steroid dienone is 2. The number of rotatable bonds is 2. The molecule has 0 aromatic heterocycles. The molecule has 0 bridgehead atoms. The summed E-state index contributed by atoms with van der Waals surface area (Å²) in [5.41, 5.74) is 1.52. The van der Waals surface area contributed by atoms with Gasteiger partial charge in [-0.05, 0) is 48.6 Å². The summed E-state index contributed by atoms with van der Waals surface area (Å²) in [6.07, 6.45) is 3.02. The van der Waals surface area contributed by atoms with E-state index in [1.54, 1.807) is 30.3 Å². The maximum atomic E-state index is 11.8. The molecule has 92 valence electrons. The molecule has 0 aliphatic rings. The molecule has 2 heteroatoms. The molecule has 0 amide bonds. The number of ketones is 1. The third-order valence-corrected chi connectivity index (χ3v) is 2.69. The molecule has 2 aromatic rings. The molecule has 0 saturated heterocycles. The fourth-order valence-corrected chi connectivity index (χ4v) is 1.60. The zero-order valence-electron chi connectivity index (χ0n) is 10.1. The van der Waals surface area contributed by atoms with E-state index in [0.29, 0.717) is 10.6 Å². The van der Waals surface area contributed by atoms with E-state index < -0.39 is 0 Å². The van der Waals surface area contributed by atoms with Gasteiger partial charge in [0.25, 0.3) is 0 Å². The van der Waals surface area contributed by atoms with E-state index in [2.05, 4.69) is 11.8 Å². The van der Waals surface area contributed by atoms with Gasteiger partial charge in [0, 0.05) is 16.1 Å². The van der Waals surface area contributed by atoms with E-state index in [4.69, 9.17) is 11.6 Å². The van der Waals surface area contributed by atoms with Gasteiger partial charge in [0.1, 0.15) is 0 Å². The van der Waals surface area contributed by atoms with Crippen LogP contribution < -0.4 is 0 Å². The summed E-state index contributed by atoms with van der Waals surface area (Å²) in [7, 11) is 0. The van der Waals surface area contributed by atoms with Crippen LogP contribution in [0.2, 0.25) is 5.02 Å². The number of halogens is 1. The number of hydrogen-bond acceptors (Lipinski definition) is 1. The molecule has 0 spiro atoms. The van der Waals surface area contributed by atoms with Crippen molar-refractivity contribution in [3.8, 4) is 11.8 Å². The standard InChI is InChI=1S/C17H11ClO/c18-16-12-10-15(11-13-16)17(19)9-5-4-8-14-6-2-1-3-7-14/h1-3,5-7,9-13H/b9-5+. The van der Waals surface area contributed by atoms with Gasteiger partial charge in [-0.2, -0.15) is 0 Å². The number of hydrogen-bond donors (Lipinski definition) is 0. The van der Waals surface area contributed by atoms with E-state index >= 15 is 0 Å². The summed E-state index contributed by atoms with van der Waals surface area (Å²) in [4.78, 5) is 11.8. The lowest BCUT2D eigenvalue weighted by molar-refractivity contribution is 0.104. The topological polar surface area (TPSA) is 17.1 Å². The first-order chi connectivity index (χ1) is 9.25. The Morgan fingerprint density at radius 3 is 2.37 bits per heavy atom. The van der Waals surface area contributed by atoms with Crippen LogP contribution in [0.3, 0.4) is 0 Å². The third-order valence-electron chi connectivity index (χ3n) is 2.44. The minimum Gasteiger partial charge on any atom is -0.289 e. The molecule has 2 aromatic carbocycles. The summed E-state index contributed by atoms with van der Waals surface area (Å²) in [5.74, 6) is 5.70. The normalized spacial score (nSPS) is 9.95. The minimum absolute atomic E-state index is 0.0842. The van der Waals surface area contributed by atoms with E-state index in [1.165, 1.54) is 6.08 Å². The van der Waals surface area contributed by atoms with Crippen molar-refractivity contribution in [2.45, 2.75) is 0 Å². The Morgan fingerprint density at radius 2 is 1.68 bits per heavy atom. The fraction of sp³-hybridized carbons (Fsp3) is 0. The Labute approximate surface area is 117 Å². The van der Waals surface area contributed by atoms with Crippen molar-refractivity contribution in [1.29, 1.82) is 0 Å². The van der Waals surface area contributed by atoms with Gasteiger partial charge in [-0.15, -0.1) is 0 Å². The molecule has 0 saturated carbocycles. The number of carbonyl (C=O) groups excluding carboxylic acids is 1. The van der Waals surface area contributed by atoms with E-state index in [-0.39, 0.29) is 5.78 Å². The third kappa shape index (κ3) is 4.13. The zero-order valence-corrected chi connectivity index (χ0v) is 10.9. The zero-order chi connectivity index (χ0) is 13.5. The van der Waals surface area contributed by atoms with Crippen molar-refractivity contribution < 1.29 is 4.79 Å². The SMILES string of the molecule is O=C(/C=C/C#Cc1ccccc1)c1ccc(Cl)cc1. The van der Waals surface area contributed by atoms with Crippen LogP contribution in [-0.4, -0.2) is 5.78 Å². The smallest absolute Gasteiger partial charge is 0.186 e. The molecule has 0 N–H and O–H groups in total. The van der Waals surface area contributed by atoms with Crippen LogP contribution in [0.1, 0.15) is 15.9 Å². The first-order valence-electron chi connectivity index (χ1n) is 5.79. The summed E-state index contributed by atoms with van der Waals surface area (Å²) >= 11 is 5.76. The Bertz CT molecular complexity index is 643. The Kier molecular flexibility index (Phi) is 4.55. The monoisotopic (exact) mass is 266 g/mol. The average molecular weight is 267 g/mol. The van der Waals surface area contributed by atoms with Gasteiger partial charge in [-0.3, -0.25) is 4.79 Å². The van der Waals surface area contributed by atoms with E-state index in [0.717, 1.165) is 5.56 Å². The molecular weight excluding hydrogens is 256 g/mol. The molecule has 0 atom stereocenters.